The maximum Gasteiger partial charge on any atom is 0.270 e. The monoisotopic (exact) mass is 469 g/mol. The van der Waals surface area contributed by atoms with Crippen molar-refractivity contribution in [3.63, 3.8) is 0 Å². The van der Waals surface area contributed by atoms with Gasteiger partial charge in [0.15, 0.2) is 4.34 Å². The smallest absolute Gasteiger partial charge is 0.258 e. The molecule has 1 aromatic heterocycles. The lowest BCUT2D eigenvalue weighted by Crippen LogP contribution is -2.25. The van der Waals surface area contributed by atoms with Crippen LogP contribution in [0.4, 0.5) is 5.69 Å². The molecular formula is C18H16ClN3O4S3. The van der Waals surface area contributed by atoms with Crippen LogP contribution in [0.1, 0.15) is 6.42 Å². The zero-order chi connectivity index (χ0) is 20.9. The third kappa shape index (κ3) is 5.77. The number of thioether (sulfide) groups is 1. The molecule has 0 radical (unpaired) electrons. The van der Waals surface area contributed by atoms with Gasteiger partial charge in [-0.05, 0) is 12.5 Å². The summed E-state index contributed by atoms with van der Waals surface area (Å²) < 4.78 is 28.1. The van der Waals surface area contributed by atoms with Gasteiger partial charge in [0.25, 0.3) is 5.69 Å². The van der Waals surface area contributed by atoms with E-state index in [0.29, 0.717) is 12.2 Å². The SMILES string of the molecule is O=[N+]([O-])c1ccc(Cl)c(S(=O)(=O)NCCCSc2nc(-c3ccccc3)cs2)c1. The first-order valence-electron chi connectivity index (χ1n) is 8.44. The van der Waals surface area contributed by atoms with Gasteiger partial charge in [-0.2, -0.15) is 0 Å². The molecule has 0 fully saturated rings. The van der Waals surface area contributed by atoms with Gasteiger partial charge in [-0.1, -0.05) is 53.7 Å². The minimum Gasteiger partial charge on any atom is -0.258 e. The second-order valence-corrected chi connectivity index (χ2v) is 10.2. The van der Waals surface area contributed by atoms with E-state index < -0.39 is 14.9 Å². The van der Waals surface area contributed by atoms with Crippen LogP contribution in [0, 0.1) is 10.1 Å². The summed E-state index contributed by atoms with van der Waals surface area (Å²) in [5, 5.41) is 12.8. The van der Waals surface area contributed by atoms with E-state index in [1.807, 2.05) is 35.7 Å². The van der Waals surface area contributed by atoms with Gasteiger partial charge in [0.2, 0.25) is 10.0 Å². The maximum absolute atomic E-state index is 12.4. The molecule has 0 saturated heterocycles. The van der Waals surface area contributed by atoms with Crippen LogP contribution in [-0.2, 0) is 10.0 Å². The van der Waals surface area contributed by atoms with Crippen LogP contribution in [0.15, 0.2) is 63.1 Å². The van der Waals surface area contributed by atoms with Crippen molar-refractivity contribution in [3.8, 4) is 11.3 Å². The van der Waals surface area contributed by atoms with Gasteiger partial charge in [-0.25, -0.2) is 18.1 Å². The second kappa shape index (κ2) is 9.68. The molecule has 0 amide bonds. The molecule has 0 saturated carbocycles. The van der Waals surface area contributed by atoms with Gasteiger partial charge >= 0.3 is 0 Å². The molecule has 2 aromatic carbocycles. The van der Waals surface area contributed by atoms with Crippen LogP contribution in [0.2, 0.25) is 5.02 Å². The summed E-state index contributed by atoms with van der Waals surface area (Å²) in [5.41, 5.74) is 1.64. The fraction of sp³-hybridized carbons (Fsp3) is 0.167. The molecule has 0 unspecified atom stereocenters. The molecule has 0 bridgehead atoms. The highest BCUT2D eigenvalue weighted by molar-refractivity contribution is 8.01. The van der Waals surface area contributed by atoms with E-state index in [1.165, 1.54) is 6.07 Å². The average Bonchev–Trinajstić information content (AvgIpc) is 3.17. The quantitative estimate of drug-likeness (QED) is 0.208. The van der Waals surface area contributed by atoms with Crippen LogP contribution in [-0.4, -0.2) is 30.6 Å². The number of aromatic nitrogens is 1. The predicted octanol–water partition coefficient (Wildman–Crippen LogP) is 4.83. The lowest BCUT2D eigenvalue weighted by atomic mass is 10.2. The Morgan fingerprint density at radius 1 is 1.21 bits per heavy atom. The number of thiazole rings is 1. The van der Waals surface area contributed by atoms with Crippen molar-refractivity contribution in [1.29, 1.82) is 0 Å². The molecule has 29 heavy (non-hydrogen) atoms. The standard InChI is InChI=1S/C18H16ClN3O4S3/c19-15-8-7-14(22(23)24)11-17(15)29(25,26)20-9-4-10-27-18-21-16(12-28-18)13-5-2-1-3-6-13/h1-3,5-8,11-12,20H,4,9-10H2. The summed E-state index contributed by atoms with van der Waals surface area (Å²) in [4.78, 5) is 14.5. The summed E-state index contributed by atoms with van der Waals surface area (Å²) in [5.74, 6) is 0.674. The molecule has 0 aliphatic carbocycles. The molecule has 0 atom stereocenters. The van der Waals surface area contributed by atoms with E-state index in [1.54, 1.807) is 23.1 Å². The number of rotatable bonds is 9. The van der Waals surface area contributed by atoms with Gasteiger partial charge < -0.3 is 0 Å². The largest absolute Gasteiger partial charge is 0.270 e. The highest BCUT2D eigenvalue weighted by Crippen LogP contribution is 2.29. The van der Waals surface area contributed by atoms with E-state index in [-0.39, 0.29) is 22.2 Å². The molecule has 1 N–H and O–H groups in total. The van der Waals surface area contributed by atoms with Crippen LogP contribution in [0.5, 0.6) is 0 Å². The molecule has 152 valence electrons. The Morgan fingerprint density at radius 2 is 1.97 bits per heavy atom. The van der Waals surface area contributed by atoms with E-state index in [9.17, 15) is 18.5 Å². The van der Waals surface area contributed by atoms with Crippen molar-refractivity contribution in [3.05, 3.63) is 69.0 Å². The zero-order valence-electron chi connectivity index (χ0n) is 14.9. The first-order valence-corrected chi connectivity index (χ1v) is 12.2. The van der Waals surface area contributed by atoms with E-state index in [4.69, 9.17) is 11.6 Å². The number of sulfonamides is 1. The number of hydrogen-bond donors (Lipinski definition) is 1. The number of halogens is 1. The van der Waals surface area contributed by atoms with Crippen molar-refractivity contribution < 1.29 is 13.3 Å². The summed E-state index contributed by atoms with van der Waals surface area (Å²) in [6, 6.07) is 13.2. The van der Waals surface area contributed by atoms with Gasteiger partial charge in [-0.15, -0.1) is 11.3 Å². The summed E-state index contributed by atoms with van der Waals surface area (Å²) in [6.45, 7) is 0.186. The first-order chi connectivity index (χ1) is 13.9. The zero-order valence-corrected chi connectivity index (χ0v) is 18.2. The molecule has 3 rings (SSSR count). The first kappa shape index (κ1) is 21.7. The topological polar surface area (TPSA) is 102 Å². The van der Waals surface area contributed by atoms with Crippen molar-refractivity contribution in [1.82, 2.24) is 9.71 Å². The second-order valence-electron chi connectivity index (χ2n) is 5.84. The van der Waals surface area contributed by atoms with Crippen LogP contribution in [0.25, 0.3) is 11.3 Å². The summed E-state index contributed by atoms with van der Waals surface area (Å²) >= 11 is 9.00. The Hall–Kier alpha value is -1.98. The molecule has 11 heteroatoms. The summed E-state index contributed by atoms with van der Waals surface area (Å²) in [6.07, 6.45) is 0.566. The third-order valence-corrected chi connectivity index (χ3v) is 7.86. The number of benzene rings is 2. The minimum absolute atomic E-state index is 0.0614. The van der Waals surface area contributed by atoms with Gasteiger partial charge in [0.1, 0.15) is 4.90 Å². The summed E-state index contributed by atoms with van der Waals surface area (Å²) in [7, 11) is -3.93. The van der Waals surface area contributed by atoms with Crippen molar-refractivity contribution >= 4 is 50.4 Å². The van der Waals surface area contributed by atoms with Crippen molar-refractivity contribution in [2.75, 3.05) is 12.3 Å². The fourth-order valence-corrected chi connectivity index (χ4v) is 5.83. The molecule has 0 spiro atoms. The number of nitrogens with one attached hydrogen (secondary N) is 1. The van der Waals surface area contributed by atoms with Crippen LogP contribution < -0.4 is 4.72 Å². The fourth-order valence-electron chi connectivity index (χ4n) is 2.39. The Labute approximate surface area is 181 Å². The Morgan fingerprint density at radius 3 is 2.69 bits per heavy atom. The van der Waals surface area contributed by atoms with E-state index >= 15 is 0 Å². The molecule has 7 nitrogen and oxygen atoms in total. The lowest BCUT2D eigenvalue weighted by Gasteiger charge is -2.08. The van der Waals surface area contributed by atoms with Crippen LogP contribution in [0.3, 0.4) is 0 Å². The Bertz CT molecular complexity index is 1100. The lowest BCUT2D eigenvalue weighted by molar-refractivity contribution is -0.385. The number of nitrogens with zero attached hydrogens (tertiary/aromatic N) is 2. The average molecular weight is 470 g/mol. The van der Waals surface area contributed by atoms with Gasteiger partial charge in [-0.3, -0.25) is 10.1 Å². The number of non-ortho nitro benzene ring substituents is 1. The number of hydrogen-bond acceptors (Lipinski definition) is 7. The minimum atomic E-state index is -3.93. The normalized spacial score (nSPS) is 11.5. The van der Waals surface area contributed by atoms with Gasteiger partial charge in [0.05, 0.1) is 15.6 Å². The van der Waals surface area contributed by atoms with Crippen LogP contribution >= 0.6 is 34.7 Å². The Balaban J connectivity index is 1.51. The molecule has 0 aliphatic rings. The number of nitro groups is 1. The third-order valence-electron chi connectivity index (χ3n) is 3.81. The number of nitro benzene ring substituents is 1. The highest BCUT2D eigenvalue weighted by Gasteiger charge is 2.21. The molecule has 3 aromatic rings. The van der Waals surface area contributed by atoms with Crippen molar-refractivity contribution in [2.45, 2.75) is 15.7 Å². The van der Waals surface area contributed by atoms with E-state index in [2.05, 4.69) is 9.71 Å². The maximum atomic E-state index is 12.4. The molecule has 1 heterocycles. The highest BCUT2D eigenvalue weighted by atomic mass is 35.5. The van der Waals surface area contributed by atoms with Gasteiger partial charge in [0, 0.05) is 35.4 Å². The Kier molecular flexibility index (Phi) is 7.25. The predicted molar refractivity (Wildman–Crippen MR) is 116 cm³/mol. The molecular weight excluding hydrogens is 454 g/mol. The van der Waals surface area contributed by atoms with E-state index in [0.717, 1.165) is 27.7 Å². The van der Waals surface area contributed by atoms with Crippen molar-refractivity contribution in [2.24, 2.45) is 0 Å². The molecule has 0 aliphatic heterocycles.